The van der Waals surface area contributed by atoms with E-state index in [1.807, 2.05) is 55.1 Å². The van der Waals surface area contributed by atoms with Crippen molar-refractivity contribution in [3.05, 3.63) is 78.0 Å². The summed E-state index contributed by atoms with van der Waals surface area (Å²) in [6, 6.07) is 15.9. The molecule has 4 aromatic rings. The van der Waals surface area contributed by atoms with Gasteiger partial charge in [0.05, 0.1) is 30.8 Å². The molecule has 6 heteroatoms. The fraction of sp³-hybridized carbons (Fsp3) is 0.217. The molecule has 0 aliphatic rings. The fourth-order valence-electron chi connectivity index (χ4n) is 3.51. The maximum Gasteiger partial charge on any atom is 0.119 e. The van der Waals surface area contributed by atoms with E-state index in [2.05, 4.69) is 38.6 Å². The van der Waals surface area contributed by atoms with Crippen molar-refractivity contribution in [1.82, 2.24) is 14.5 Å². The maximum absolute atomic E-state index is 8.95. The number of hydrogen-bond donors (Lipinski definition) is 1. The minimum Gasteiger partial charge on any atom is -0.497 e. The number of hydrogen-bond acceptors (Lipinski definition) is 4. The van der Waals surface area contributed by atoms with E-state index in [-0.39, 0.29) is 0 Å². The molecule has 146 valence electrons. The van der Waals surface area contributed by atoms with Gasteiger partial charge in [-0.05, 0) is 35.9 Å². The van der Waals surface area contributed by atoms with Crippen molar-refractivity contribution in [3.8, 4) is 11.8 Å². The summed E-state index contributed by atoms with van der Waals surface area (Å²) in [6.07, 6.45) is 6.71. The number of imidazole rings is 1. The van der Waals surface area contributed by atoms with Gasteiger partial charge >= 0.3 is 0 Å². The molecule has 0 saturated carbocycles. The lowest BCUT2D eigenvalue weighted by atomic mass is 10.1. The van der Waals surface area contributed by atoms with Crippen LogP contribution in [-0.4, -0.2) is 35.2 Å². The second kappa shape index (κ2) is 8.11. The van der Waals surface area contributed by atoms with Crippen LogP contribution >= 0.6 is 0 Å². The Morgan fingerprint density at radius 3 is 2.79 bits per heavy atom. The molecule has 0 atom stereocenters. The van der Waals surface area contributed by atoms with E-state index in [1.54, 1.807) is 7.11 Å². The molecule has 2 aromatic carbocycles. The smallest absolute Gasteiger partial charge is 0.119 e. The van der Waals surface area contributed by atoms with Crippen LogP contribution in [0.25, 0.3) is 10.9 Å². The number of benzene rings is 2. The Morgan fingerprint density at radius 2 is 2.03 bits per heavy atom. The molecule has 29 heavy (non-hydrogen) atoms. The Morgan fingerprint density at radius 1 is 1.21 bits per heavy atom. The third-order valence-corrected chi connectivity index (χ3v) is 5.22. The number of H-pyrrole nitrogens is 1. The zero-order valence-corrected chi connectivity index (χ0v) is 16.6. The lowest BCUT2D eigenvalue weighted by molar-refractivity contribution is 0.415. The van der Waals surface area contributed by atoms with Crippen molar-refractivity contribution >= 4 is 16.6 Å². The Hall–Kier alpha value is -3.72. The predicted octanol–water partition coefficient (Wildman–Crippen LogP) is 3.97. The van der Waals surface area contributed by atoms with E-state index in [4.69, 9.17) is 10.00 Å². The molecule has 2 heterocycles. The van der Waals surface area contributed by atoms with Crippen LogP contribution in [0.4, 0.5) is 5.69 Å². The van der Waals surface area contributed by atoms with Crippen LogP contribution in [-0.2, 0) is 13.0 Å². The van der Waals surface area contributed by atoms with Crippen molar-refractivity contribution in [1.29, 1.82) is 5.26 Å². The molecule has 0 unspecified atom stereocenters. The lowest BCUT2D eigenvalue weighted by Crippen LogP contribution is -2.21. The van der Waals surface area contributed by atoms with E-state index < -0.39 is 0 Å². The van der Waals surface area contributed by atoms with Gasteiger partial charge < -0.3 is 19.2 Å². The fourth-order valence-corrected chi connectivity index (χ4v) is 3.51. The molecule has 6 nitrogen and oxygen atoms in total. The number of methoxy groups -OCH3 is 1. The number of nitrogens with zero attached hydrogens (tertiary/aromatic N) is 4. The molecular weight excluding hydrogens is 362 g/mol. The summed E-state index contributed by atoms with van der Waals surface area (Å²) < 4.78 is 7.53. The van der Waals surface area contributed by atoms with Gasteiger partial charge in [-0.15, -0.1) is 0 Å². The van der Waals surface area contributed by atoms with E-state index in [9.17, 15) is 0 Å². The number of anilines is 1. The number of nitriles is 1. The normalized spacial score (nSPS) is 10.8. The highest BCUT2D eigenvalue weighted by Crippen LogP contribution is 2.29. The van der Waals surface area contributed by atoms with Crippen molar-refractivity contribution in [2.75, 3.05) is 25.6 Å². The van der Waals surface area contributed by atoms with Gasteiger partial charge in [-0.2, -0.15) is 5.26 Å². The van der Waals surface area contributed by atoms with Crippen LogP contribution < -0.4 is 9.64 Å². The van der Waals surface area contributed by atoms with Crippen molar-refractivity contribution < 1.29 is 4.74 Å². The zero-order valence-electron chi connectivity index (χ0n) is 16.6. The quantitative estimate of drug-likeness (QED) is 0.523. The van der Waals surface area contributed by atoms with Crippen LogP contribution in [0.1, 0.15) is 16.8 Å². The van der Waals surface area contributed by atoms with Gasteiger partial charge in [0.1, 0.15) is 5.75 Å². The molecule has 0 amide bonds. The number of rotatable bonds is 7. The monoisotopic (exact) mass is 385 g/mol. The van der Waals surface area contributed by atoms with E-state index >= 15 is 0 Å². The number of fused-ring (bicyclic) bond motifs is 1. The summed E-state index contributed by atoms with van der Waals surface area (Å²) in [7, 11) is 3.79. The third kappa shape index (κ3) is 3.94. The first-order chi connectivity index (χ1) is 14.2. The molecule has 0 spiro atoms. The first kappa shape index (κ1) is 18.6. The van der Waals surface area contributed by atoms with Crippen LogP contribution in [0.3, 0.4) is 0 Å². The van der Waals surface area contributed by atoms with Gasteiger partial charge in [0.2, 0.25) is 0 Å². The molecule has 1 N–H and O–H groups in total. The topological polar surface area (TPSA) is 69.9 Å². The van der Waals surface area contributed by atoms with Crippen molar-refractivity contribution in [2.24, 2.45) is 0 Å². The van der Waals surface area contributed by atoms with Gasteiger partial charge in [-0.1, -0.05) is 12.1 Å². The first-order valence-corrected chi connectivity index (χ1v) is 9.52. The van der Waals surface area contributed by atoms with Gasteiger partial charge in [0.15, 0.2) is 0 Å². The highest BCUT2D eigenvalue weighted by Gasteiger charge is 2.11. The Labute approximate surface area is 170 Å². The molecule has 0 fully saturated rings. The molecule has 0 radical (unpaired) electrons. The molecule has 0 aliphatic carbocycles. The molecular formula is C23H23N5O. The van der Waals surface area contributed by atoms with Crippen molar-refractivity contribution in [2.45, 2.75) is 13.0 Å². The largest absolute Gasteiger partial charge is 0.497 e. The van der Waals surface area contributed by atoms with E-state index in [0.717, 1.165) is 47.4 Å². The zero-order chi connectivity index (χ0) is 20.2. The summed E-state index contributed by atoms with van der Waals surface area (Å²) in [4.78, 5) is 9.91. The summed E-state index contributed by atoms with van der Waals surface area (Å²) in [6.45, 7) is 1.61. The lowest BCUT2D eigenvalue weighted by Gasteiger charge is -2.19. The average molecular weight is 385 g/mol. The third-order valence-electron chi connectivity index (χ3n) is 5.22. The summed E-state index contributed by atoms with van der Waals surface area (Å²) in [5.74, 6) is 0.854. The van der Waals surface area contributed by atoms with Gasteiger partial charge in [-0.3, -0.25) is 0 Å². The maximum atomic E-state index is 8.95. The predicted molar refractivity (Wildman–Crippen MR) is 114 cm³/mol. The molecule has 0 bridgehead atoms. The van der Waals surface area contributed by atoms with Gasteiger partial charge in [-0.25, -0.2) is 4.98 Å². The molecule has 2 aromatic heterocycles. The second-order valence-corrected chi connectivity index (χ2v) is 7.08. The standard InChI is InChI=1S/C23H23N5O/c1-27(23-14-26-22-8-7-20(29-2)11-21(22)23)10-9-19-13-25-16-28(19)15-18-5-3-17(12-24)4-6-18/h3-8,11,13-14,16,26H,9-10,15H2,1-2H3. The average Bonchev–Trinajstić information content (AvgIpc) is 3.38. The SMILES string of the molecule is COc1ccc2[nH]cc(N(C)CCc3cncn3Cc3ccc(C#N)cc3)c2c1. The minimum absolute atomic E-state index is 0.677. The Balaban J connectivity index is 1.46. The number of aromatic amines is 1. The van der Waals surface area contributed by atoms with Gasteiger partial charge in [0, 0.05) is 55.5 Å². The molecule has 0 saturated heterocycles. The highest BCUT2D eigenvalue weighted by atomic mass is 16.5. The molecule has 0 aliphatic heterocycles. The minimum atomic E-state index is 0.677. The number of nitrogens with one attached hydrogen (secondary N) is 1. The van der Waals surface area contributed by atoms with E-state index in [0.29, 0.717) is 5.56 Å². The van der Waals surface area contributed by atoms with Crippen LogP contribution in [0.2, 0.25) is 0 Å². The summed E-state index contributed by atoms with van der Waals surface area (Å²) >= 11 is 0. The van der Waals surface area contributed by atoms with Crippen LogP contribution in [0, 0.1) is 11.3 Å². The Bertz CT molecular complexity index is 1150. The number of ether oxygens (including phenoxy) is 1. The van der Waals surface area contributed by atoms with Crippen LogP contribution in [0.15, 0.2) is 61.2 Å². The second-order valence-electron chi connectivity index (χ2n) is 7.08. The highest BCUT2D eigenvalue weighted by molar-refractivity contribution is 5.93. The number of likely N-dealkylation sites (N-methyl/N-ethyl adjacent to an activating group) is 1. The summed E-state index contributed by atoms with van der Waals surface area (Å²) in [5, 5.41) is 10.1. The summed E-state index contributed by atoms with van der Waals surface area (Å²) in [5.41, 5.74) is 5.26. The Kier molecular flexibility index (Phi) is 5.21. The molecule has 4 rings (SSSR count). The number of aromatic nitrogens is 3. The first-order valence-electron chi connectivity index (χ1n) is 9.52. The van der Waals surface area contributed by atoms with Gasteiger partial charge in [0.25, 0.3) is 0 Å². The van der Waals surface area contributed by atoms with Crippen LogP contribution in [0.5, 0.6) is 5.75 Å². The van der Waals surface area contributed by atoms with Crippen molar-refractivity contribution in [3.63, 3.8) is 0 Å². The van der Waals surface area contributed by atoms with E-state index in [1.165, 1.54) is 5.69 Å².